The van der Waals surface area contributed by atoms with Crippen LogP contribution in [0.25, 0.3) is 0 Å². The highest BCUT2D eigenvalue weighted by molar-refractivity contribution is 5.31. The predicted octanol–water partition coefficient (Wildman–Crippen LogP) is 2.15. The van der Waals surface area contributed by atoms with Crippen LogP contribution >= 0.6 is 0 Å². The van der Waals surface area contributed by atoms with Crippen LogP contribution in [0.15, 0.2) is 41.5 Å². The van der Waals surface area contributed by atoms with Gasteiger partial charge >= 0.3 is 5.69 Å². The number of hydrogen-bond acceptors (Lipinski definition) is 2. The Kier molecular flexibility index (Phi) is 3.33. The van der Waals surface area contributed by atoms with Crippen LogP contribution in [0.2, 0.25) is 0 Å². The molecule has 0 saturated carbocycles. The molecule has 0 aliphatic heterocycles. The van der Waals surface area contributed by atoms with Crippen molar-refractivity contribution in [3.05, 3.63) is 58.3 Å². The molecule has 0 aliphatic rings. The van der Waals surface area contributed by atoms with Gasteiger partial charge in [0.15, 0.2) is 0 Å². The first kappa shape index (κ1) is 12.2. The normalized spacial score (nSPS) is 10.6. The maximum Gasteiger partial charge on any atom is 0.328 e. The van der Waals surface area contributed by atoms with Crippen molar-refractivity contribution in [2.24, 2.45) is 0 Å². The van der Waals surface area contributed by atoms with E-state index in [4.69, 9.17) is 5.26 Å². The zero-order valence-corrected chi connectivity index (χ0v) is 10.5. The van der Waals surface area contributed by atoms with Gasteiger partial charge in [-0.2, -0.15) is 5.26 Å². The van der Waals surface area contributed by atoms with Gasteiger partial charge in [-0.3, -0.25) is 9.13 Å². The van der Waals surface area contributed by atoms with Crippen LogP contribution in [-0.2, 0) is 6.54 Å². The van der Waals surface area contributed by atoms with Gasteiger partial charge in [0.05, 0.1) is 18.2 Å². The van der Waals surface area contributed by atoms with Crippen molar-refractivity contribution in [1.29, 1.82) is 5.26 Å². The Balaban J connectivity index is 2.24. The smallest absolute Gasteiger partial charge is 0.297 e. The van der Waals surface area contributed by atoms with Crippen molar-refractivity contribution in [3.8, 4) is 6.07 Å². The highest BCUT2D eigenvalue weighted by atomic mass is 16.1. The monoisotopic (exact) mass is 241 g/mol. The van der Waals surface area contributed by atoms with Crippen molar-refractivity contribution in [2.75, 3.05) is 0 Å². The van der Waals surface area contributed by atoms with E-state index in [0.717, 1.165) is 5.56 Å². The molecular formula is C14H15N3O. The summed E-state index contributed by atoms with van der Waals surface area (Å²) in [4.78, 5) is 12.0. The zero-order valence-electron chi connectivity index (χ0n) is 10.5. The lowest BCUT2D eigenvalue weighted by Gasteiger charge is -2.05. The van der Waals surface area contributed by atoms with Crippen LogP contribution in [0.4, 0.5) is 0 Å². The van der Waals surface area contributed by atoms with E-state index in [2.05, 4.69) is 6.07 Å². The Bertz CT molecular complexity index is 626. The third kappa shape index (κ3) is 2.35. The summed E-state index contributed by atoms with van der Waals surface area (Å²) in [6.45, 7) is 4.49. The number of imidazole rings is 1. The highest BCUT2D eigenvalue weighted by Gasteiger charge is 2.06. The highest BCUT2D eigenvalue weighted by Crippen LogP contribution is 2.06. The van der Waals surface area contributed by atoms with Crippen molar-refractivity contribution < 1.29 is 0 Å². The Morgan fingerprint density at radius 2 is 1.89 bits per heavy atom. The summed E-state index contributed by atoms with van der Waals surface area (Å²) in [5.74, 6) is 0. The third-order valence-electron chi connectivity index (χ3n) is 2.87. The molecule has 0 saturated heterocycles. The maximum absolute atomic E-state index is 12.0. The zero-order chi connectivity index (χ0) is 13.1. The van der Waals surface area contributed by atoms with E-state index in [1.54, 1.807) is 33.7 Å². The molecule has 0 atom stereocenters. The summed E-state index contributed by atoms with van der Waals surface area (Å²) in [6.07, 6.45) is 3.59. The quantitative estimate of drug-likeness (QED) is 0.826. The van der Waals surface area contributed by atoms with Crippen LogP contribution < -0.4 is 5.69 Å². The molecule has 4 heteroatoms. The summed E-state index contributed by atoms with van der Waals surface area (Å²) in [7, 11) is 0. The van der Waals surface area contributed by atoms with E-state index in [0.29, 0.717) is 12.1 Å². The second kappa shape index (κ2) is 4.92. The van der Waals surface area contributed by atoms with Crippen molar-refractivity contribution in [1.82, 2.24) is 9.13 Å². The van der Waals surface area contributed by atoms with E-state index in [1.807, 2.05) is 26.0 Å². The third-order valence-corrected chi connectivity index (χ3v) is 2.87. The molecule has 2 rings (SSSR count). The molecule has 2 aromatic rings. The van der Waals surface area contributed by atoms with Gasteiger partial charge in [-0.25, -0.2) is 4.79 Å². The van der Waals surface area contributed by atoms with Crippen molar-refractivity contribution in [2.45, 2.75) is 26.4 Å². The van der Waals surface area contributed by atoms with Crippen LogP contribution in [0, 0.1) is 11.3 Å². The molecule has 1 heterocycles. The molecule has 0 unspecified atom stereocenters. The number of nitriles is 1. The minimum atomic E-state index is -0.00522. The van der Waals surface area contributed by atoms with E-state index >= 15 is 0 Å². The summed E-state index contributed by atoms with van der Waals surface area (Å²) in [5.41, 5.74) is 1.64. The maximum atomic E-state index is 12.0. The van der Waals surface area contributed by atoms with Gasteiger partial charge in [-0.15, -0.1) is 0 Å². The molecule has 0 spiro atoms. The van der Waals surface area contributed by atoms with Gasteiger partial charge in [-0.05, 0) is 31.5 Å². The predicted molar refractivity (Wildman–Crippen MR) is 69.3 cm³/mol. The molecule has 18 heavy (non-hydrogen) atoms. The van der Waals surface area contributed by atoms with E-state index < -0.39 is 0 Å². The first-order valence-corrected chi connectivity index (χ1v) is 5.88. The minimum Gasteiger partial charge on any atom is -0.297 e. The Morgan fingerprint density at radius 3 is 2.39 bits per heavy atom. The second-order valence-corrected chi connectivity index (χ2v) is 4.52. The minimum absolute atomic E-state index is 0.00522. The number of benzene rings is 1. The fourth-order valence-corrected chi connectivity index (χ4v) is 1.82. The summed E-state index contributed by atoms with van der Waals surface area (Å²) >= 11 is 0. The molecule has 0 N–H and O–H groups in total. The van der Waals surface area contributed by atoms with Crippen LogP contribution in [0.5, 0.6) is 0 Å². The van der Waals surface area contributed by atoms with Crippen molar-refractivity contribution in [3.63, 3.8) is 0 Å². The summed E-state index contributed by atoms with van der Waals surface area (Å²) in [6, 6.07) is 9.52. The first-order chi connectivity index (χ1) is 8.61. The Morgan fingerprint density at radius 1 is 1.22 bits per heavy atom. The van der Waals surface area contributed by atoms with Gasteiger partial charge in [0.1, 0.15) is 0 Å². The van der Waals surface area contributed by atoms with E-state index in [-0.39, 0.29) is 11.7 Å². The van der Waals surface area contributed by atoms with Gasteiger partial charge < -0.3 is 0 Å². The molecule has 0 radical (unpaired) electrons. The van der Waals surface area contributed by atoms with Gasteiger partial charge in [0, 0.05) is 18.4 Å². The Labute approximate surface area is 106 Å². The Hall–Kier alpha value is -2.28. The number of aromatic nitrogens is 2. The van der Waals surface area contributed by atoms with Crippen LogP contribution in [0.3, 0.4) is 0 Å². The largest absolute Gasteiger partial charge is 0.328 e. The second-order valence-electron chi connectivity index (χ2n) is 4.52. The van der Waals surface area contributed by atoms with Gasteiger partial charge in [-0.1, -0.05) is 12.1 Å². The lowest BCUT2D eigenvalue weighted by molar-refractivity contribution is 0.561. The average molecular weight is 241 g/mol. The van der Waals surface area contributed by atoms with Gasteiger partial charge in [0.25, 0.3) is 0 Å². The standard InChI is InChI=1S/C14H15N3O/c1-11(2)17-8-7-16(14(17)18)10-13-5-3-12(9-15)4-6-13/h3-8,11H,10H2,1-2H3. The number of rotatable bonds is 3. The fraction of sp³-hybridized carbons (Fsp3) is 0.286. The molecule has 1 aromatic carbocycles. The molecule has 0 amide bonds. The molecular weight excluding hydrogens is 226 g/mol. The lowest BCUT2D eigenvalue weighted by atomic mass is 10.1. The topological polar surface area (TPSA) is 50.7 Å². The molecule has 92 valence electrons. The van der Waals surface area contributed by atoms with Crippen LogP contribution in [-0.4, -0.2) is 9.13 Å². The van der Waals surface area contributed by atoms with E-state index in [9.17, 15) is 4.79 Å². The SMILES string of the molecule is CC(C)n1ccn(Cc2ccc(C#N)cc2)c1=O. The average Bonchev–Trinajstić information content (AvgIpc) is 2.72. The molecule has 1 aromatic heterocycles. The summed E-state index contributed by atoms with van der Waals surface area (Å²) in [5, 5.41) is 8.72. The van der Waals surface area contributed by atoms with Gasteiger partial charge in [0.2, 0.25) is 0 Å². The van der Waals surface area contributed by atoms with Crippen LogP contribution in [0.1, 0.15) is 31.0 Å². The number of nitrogens with zero attached hydrogens (tertiary/aromatic N) is 3. The fourth-order valence-electron chi connectivity index (χ4n) is 1.82. The van der Waals surface area contributed by atoms with E-state index in [1.165, 1.54) is 0 Å². The first-order valence-electron chi connectivity index (χ1n) is 5.88. The molecule has 0 aliphatic carbocycles. The molecule has 0 fully saturated rings. The van der Waals surface area contributed by atoms with Crippen molar-refractivity contribution >= 4 is 0 Å². The molecule has 0 bridgehead atoms. The molecule has 4 nitrogen and oxygen atoms in total. The number of hydrogen-bond donors (Lipinski definition) is 0. The lowest BCUT2D eigenvalue weighted by Crippen LogP contribution is -2.25. The summed E-state index contributed by atoms with van der Waals surface area (Å²) < 4.78 is 3.37.